The molecule has 18 heavy (non-hydrogen) atoms. The van der Waals surface area contributed by atoms with E-state index in [9.17, 15) is 0 Å². The third-order valence-corrected chi connectivity index (χ3v) is 4.29. The highest BCUT2D eigenvalue weighted by Crippen LogP contribution is 2.21. The molecular weight excluding hydrogens is 312 g/mol. The van der Waals surface area contributed by atoms with Crippen molar-refractivity contribution in [3.63, 3.8) is 0 Å². The fourth-order valence-corrected chi connectivity index (χ4v) is 2.50. The van der Waals surface area contributed by atoms with E-state index < -0.39 is 0 Å². The molecule has 0 bridgehead atoms. The fraction of sp³-hybridized carbons (Fsp3) is 0.571. The molecule has 1 N–H and O–H groups in total. The van der Waals surface area contributed by atoms with Crippen molar-refractivity contribution >= 4 is 27.5 Å². The Morgan fingerprint density at radius 2 is 2.17 bits per heavy atom. The lowest BCUT2D eigenvalue weighted by Gasteiger charge is -2.23. The molecule has 0 aliphatic heterocycles. The summed E-state index contributed by atoms with van der Waals surface area (Å²) < 4.78 is 1.07. The molecule has 0 fully saturated rings. The van der Waals surface area contributed by atoms with Gasteiger partial charge in [-0.05, 0) is 38.1 Å². The van der Waals surface area contributed by atoms with E-state index >= 15 is 0 Å². The van der Waals surface area contributed by atoms with Crippen LogP contribution >= 0.6 is 27.5 Å². The summed E-state index contributed by atoms with van der Waals surface area (Å²) in [6.45, 7) is 7.41. The number of hydrogen-bond acceptors (Lipinski definition) is 2. The Hall–Kier alpha value is -0.0900. The van der Waals surface area contributed by atoms with E-state index in [0.29, 0.717) is 6.04 Å². The van der Waals surface area contributed by atoms with Gasteiger partial charge in [0.05, 0.1) is 0 Å². The van der Waals surface area contributed by atoms with Crippen LogP contribution in [0.3, 0.4) is 0 Å². The number of hydrogen-bond donors (Lipinski definition) is 1. The number of nitrogens with zero attached hydrogens (tertiary/aromatic N) is 1. The molecule has 0 amide bonds. The molecule has 1 rings (SSSR count). The number of halogens is 2. The lowest BCUT2D eigenvalue weighted by molar-refractivity contribution is 0.251. The average molecular weight is 334 g/mol. The molecule has 4 heteroatoms. The Morgan fingerprint density at radius 3 is 2.78 bits per heavy atom. The highest BCUT2D eigenvalue weighted by atomic mass is 79.9. The predicted octanol–water partition coefficient (Wildman–Crippen LogP) is 3.92. The average Bonchev–Trinajstić information content (AvgIpc) is 2.35. The Labute approximate surface area is 124 Å². The molecule has 0 heterocycles. The van der Waals surface area contributed by atoms with Crippen molar-refractivity contribution in [1.82, 2.24) is 10.2 Å². The Morgan fingerprint density at radius 1 is 1.44 bits per heavy atom. The van der Waals surface area contributed by atoms with Gasteiger partial charge in [0.25, 0.3) is 0 Å². The molecule has 0 spiro atoms. The summed E-state index contributed by atoms with van der Waals surface area (Å²) in [4.78, 5) is 2.38. The highest BCUT2D eigenvalue weighted by Gasteiger charge is 2.05. The van der Waals surface area contributed by atoms with Gasteiger partial charge in [0.1, 0.15) is 0 Å². The van der Waals surface area contributed by atoms with Crippen molar-refractivity contribution in [3.05, 3.63) is 33.3 Å². The summed E-state index contributed by atoms with van der Waals surface area (Å²) >= 11 is 9.44. The summed E-state index contributed by atoms with van der Waals surface area (Å²) in [5, 5.41) is 4.22. The molecule has 0 aliphatic rings. The van der Waals surface area contributed by atoms with Gasteiger partial charge in [0.2, 0.25) is 0 Å². The largest absolute Gasteiger partial charge is 0.311 e. The maximum atomic E-state index is 5.91. The second kappa shape index (κ2) is 8.16. The van der Waals surface area contributed by atoms with E-state index in [1.807, 2.05) is 12.1 Å². The highest BCUT2D eigenvalue weighted by molar-refractivity contribution is 9.10. The van der Waals surface area contributed by atoms with E-state index in [-0.39, 0.29) is 0 Å². The first-order valence-electron chi connectivity index (χ1n) is 6.39. The van der Waals surface area contributed by atoms with Crippen LogP contribution in [0.1, 0.15) is 25.8 Å². The standard InChI is InChI=1S/C14H22BrClN2/c1-4-11(2)18(3)8-7-17-10-12-5-6-13(16)9-14(12)15/h5-6,9,11,17H,4,7-8,10H2,1-3H3. The molecule has 1 unspecified atom stereocenters. The second-order valence-corrected chi connectivity index (χ2v) is 5.94. The quantitative estimate of drug-likeness (QED) is 0.761. The summed E-state index contributed by atoms with van der Waals surface area (Å²) in [5.74, 6) is 0. The normalized spacial score (nSPS) is 13.0. The van der Waals surface area contributed by atoms with E-state index in [1.54, 1.807) is 0 Å². The smallest absolute Gasteiger partial charge is 0.0417 e. The Bertz CT molecular complexity index is 371. The van der Waals surface area contributed by atoms with Crippen LogP contribution in [-0.2, 0) is 6.54 Å². The lowest BCUT2D eigenvalue weighted by atomic mass is 10.2. The third kappa shape index (κ3) is 5.27. The first-order chi connectivity index (χ1) is 8.54. The summed E-state index contributed by atoms with van der Waals surface area (Å²) in [6, 6.07) is 6.56. The van der Waals surface area contributed by atoms with Crippen LogP contribution in [-0.4, -0.2) is 31.1 Å². The van der Waals surface area contributed by atoms with E-state index in [4.69, 9.17) is 11.6 Å². The minimum Gasteiger partial charge on any atom is -0.311 e. The van der Waals surface area contributed by atoms with Crippen LogP contribution in [0.5, 0.6) is 0 Å². The molecule has 1 atom stereocenters. The molecule has 102 valence electrons. The van der Waals surface area contributed by atoms with E-state index in [0.717, 1.165) is 29.1 Å². The van der Waals surface area contributed by atoms with E-state index in [1.165, 1.54) is 12.0 Å². The molecule has 0 aromatic heterocycles. The van der Waals surface area contributed by atoms with Gasteiger partial charge in [-0.3, -0.25) is 0 Å². The lowest BCUT2D eigenvalue weighted by Crippen LogP contribution is -2.34. The van der Waals surface area contributed by atoms with Gasteiger partial charge in [0.15, 0.2) is 0 Å². The monoisotopic (exact) mass is 332 g/mol. The summed E-state index contributed by atoms with van der Waals surface area (Å²) in [7, 11) is 2.17. The van der Waals surface area contributed by atoms with Gasteiger partial charge in [-0.15, -0.1) is 0 Å². The molecule has 0 saturated heterocycles. The van der Waals surface area contributed by atoms with Gasteiger partial charge >= 0.3 is 0 Å². The third-order valence-electron chi connectivity index (χ3n) is 3.32. The van der Waals surface area contributed by atoms with E-state index in [2.05, 4.69) is 53.1 Å². The van der Waals surface area contributed by atoms with Gasteiger partial charge in [-0.1, -0.05) is 40.5 Å². The van der Waals surface area contributed by atoms with Crippen LogP contribution in [0.25, 0.3) is 0 Å². The maximum Gasteiger partial charge on any atom is 0.0417 e. The molecule has 1 aromatic carbocycles. The van der Waals surface area contributed by atoms with Crippen molar-refractivity contribution in [3.8, 4) is 0 Å². The fourth-order valence-electron chi connectivity index (χ4n) is 1.68. The Kier molecular flexibility index (Phi) is 7.23. The maximum absolute atomic E-state index is 5.91. The number of benzene rings is 1. The van der Waals surface area contributed by atoms with Gasteiger partial charge in [-0.25, -0.2) is 0 Å². The molecule has 2 nitrogen and oxygen atoms in total. The molecular formula is C14H22BrClN2. The van der Waals surface area contributed by atoms with Crippen LogP contribution in [0.4, 0.5) is 0 Å². The molecule has 0 aliphatic carbocycles. The zero-order valence-corrected chi connectivity index (χ0v) is 13.7. The summed E-state index contributed by atoms with van der Waals surface area (Å²) in [5.41, 5.74) is 1.24. The van der Waals surface area contributed by atoms with Gasteiger partial charge in [0, 0.05) is 35.2 Å². The van der Waals surface area contributed by atoms with Gasteiger partial charge in [-0.2, -0.15) is 0 Å². The topological polar surface area (TPSA) is 15.3 Å². The van der Waals surface area contributed by atoms with Crippen molar-refractivity contribution in [2.75, 3.05) is 20.1 Å². The SMILES string of the molecule is CCC(C)N(C)CCNCc1ccc(Cl)cc1Br. The number of nitrogens with one attached hydrogen (secondary N) is 1. The molecule has 1 aromatic rings. The van der Waals surface area contributed by atoms with Crippen LogP contribution in [0.15, 0.2) is 22.7 Å². The van der Waals surface area contributed by atoms with Crippen LogP contribution in [0.2, 0.25) is 5.02 Å². The van der Waals surface area contributed by atoms with Crippen molar-refractivity contribution in [1.29, 1.82) is 0 Å². The molecule has 0 radical (unpaired) electrons. The van der Waals surface area contributed by atoms with Crippen LogP contribution in [0, 0.1) is 0 Å². The van der Waals surface area contributed by atoms with Crippen molar-refractivity contribution in [2.24, 2.45) is 0 Å². The Balaban J connectivity index is 2.29. The zero-order chi connectivity index (χ0) is 13.5. The van der Waals surface area contributed by atoms with Crippen LogP contribution < -0.4 is 5.32 Å². The minimum absolute atomic E-state index is 0.647. The van der Waals surface area contributed by atoms with Gasteiger partial charge < -0.3 is 10.2 Å². The second-order valence-electron chi connectivity index (χ2n) is 4.65. The van der Waals surface area contributed by atoms with Crippen molar-refractivity contribution in [2.45, 2.75) is 32.9 Å². The van der Waals surface area contributed by atoms with Crippen molar-refractivity contribution < 1.29 is 0 Å². The summed E-state index contributed by atoms with van der Waals surface area (Å²) in [6.07, 6.45) is 1.19. The molecule has 0 saturated carbocycles. The minimum atomic E-state index is 0.647. The zero-order valence-electron chi connectivity index (χ0n) is 11.3. The first-order valence-corrected chi connectivity index (χ1v) is 7.56. The number of rotatable bonds is 7. The number of likely N-dealkylation sites (N-methyl/N-ethyl adjacent to an activating group) is 1. The predicted molar refractivity (Wildman–Crippen MR) is 83.2 cm³/mol. The first kappa shape index (κ1) is 16.0.